The first-order chi connectivity index (χ1) is 8.52. The van der Waals surface area contributed by atoms with Crippen LogP contribution in [-0.2, 0) is 4.74 Å². The summed E-state index contributed by atoms with van der Waals surface area (Å²) < 4.78 is 6.88. The summed E-state index contributed by atoms with van der Waals surface area (Å²) in [7, 11) is 0. The highest BCUT2D eigenvalue weighted by Gasteiger charge is 2.24. The van der Waals surface area contributed by atoms with Gasteiger partial charge in [0.2, 0.25) is 0 Å². The van der Waals surface area contributed by atoms with E-state index in [-0.39, 0.29) is 17.9 Å². The van der Waals surface area contributed by atoms with E-state index in [1.807, 2.05) is 18.5 Å². The molecule has 1 aromatic heterocycles. The molecule has 102 valence electrons. The molecule has 5 heteroatoms. The Morgan fingerprint density at radius 2 is 2.00 bits per heavy atom. The third-order valence-electron chi connectivity index (χ3n) is 2.87. The van der Waals surface area contributed by atoms with Crippen LogP contribution < -0.4 is 0 Å². The molecule has 0 saturated heterocycles. The highest BCUT2D eigenvalue weighted by Crippen LogP contribution is 2.23. The zero-order chi connectivity index (χ0) is 13.7. The van der Waals surface area contributed by atoms with Crippen LogP contribution in [0.5, 0.6) is 0 Å². The van der Waals surface area contributed by atoms with Gasteiger partial charge in [0.25, 0.3) is 0 Å². The van der Waals surface area contributed by atoms with Gasteiger partial charge in [0, 0.05) is 0 Å². The van der Waals surface area contributed by atoms with Gasteiger partial charge in [0.1, 0.15) is 0 Å². The average Bonchev–Trinajstić information content (AvgIpc) is 2.74. The second kappa shape index (κ2) is 6.52. The van der Waals surface area contributed by atoms with E-state index in [9.17, 15) is 4.79 Å². The number of carbonyl (C=O) groups excluding carboxylic acids is 1. The van der Waals surface area contributed by atoms with Gasteiger partial charge in [0.05, 0.1) is 18.3 Å². The van der Waals surface area contributed by atoms with Crippen molar-refractivity contribution in [3.63, 3.8) is 0 Å². The molecule has 0 bridgehead atoms. The van der Waals surface area contributed by atoms with Gasteiger partial charge in [-0.1, -0.05) is 32.4 Å². The molecule has 1 atom stereocenters. The Hall–Kier alpha value is -1.39. The monoisotopic (exact) mass is 253 g/mol. The minimum absolute atomic E-state index is 0.193. The summed E-state index contributed by atoms with van der Waals surface area (Å²) in [6, 6.07) is 0.253. The zero-order valence-corrected chi connectivity index (χ0v) is 11.9. The van der Waals surface area contributed by atoms with Gasteiger partial charge in [-0.05, 0) is 26.2 Å². The first kappa shape index (κ1) is 14.7. The molecule has 0 spiro atoms. The van der Waals surface area contributed by atoms with Crippen LogP contribution >= 0.6 is 0 Å². The second-order valence-corrected chi connectivity index (χ2v) is 4.78. The van der Waals surface area contributed by atoms with Crippen molar-refractivity contribution >= 4 is 5.97 Å². The standard InChI is InChI=1S/C13H23N3O2/c1-6-8-10(5)16-12(9(3)4)11(14-15-16)13(17)18-7-2/h9-10H,6-8H2,1-5H3. The Balaban J connectivity index is 3.10. The first-order valence-electron chi connectivity index (χ1n) is 6.65. The van der Waals surface area contributed by atoms with E-state index in [2.05, 4.69) is 24.2 Å². The van der Waals surface area contributed by atoms with E-state index in [1.165, 1.54) is 0 Å². The molecular formula is C13H23N3O2. The Morgan fingerprint density at radius 3 is 2.50 bits per heavy atom. The lowest BCUT2D eigenvalue weighted by Crippen LogP contribution is -2.15. The lowest BCUT2D eigenvalue weighted by Gasteiger charge is -2.16. The van der Waals surface area contributed by atoms with Gasteiger partial charge >= 0.3 is 5.97 Å². The van der Waals surface area contributed by atoms with Crippen molar-refractivity contribution in [2.45, 2.75) is 59.4 Å². The first-order valence-corrected chi connectivity index (χ1v) is 6.65. The number of ether oxygens (including phenoxy) is 1. The van der Waals surface area contributed by atoms with Crippen molar-refractivity contribution < 1.29 is 9.53 Å². The number of nitrogens with zero attached hydrogens (tertiary/aromatic N) is 3. The third kappa shape index (κ3) is 3.09. The van der Waals surface area contributed by atoms with Crippen molar-refractivity contribution in [3.05, 3.63) is 11.4 Å². The molecule has 0 fully saturated rings. The van der Waals surface area contributed by atoms with Crippen LogP contribution in [0.3, 0.4) is 0 Å². The summed E-state index contributed by atoms with van der Waals surface area (Å²) in [5.74, 6) is -0.185. The van der Waals surface area contributed by atoms with Crippen LogP contribution in [0.1, 0.15) is 75.6 Å². The lowest BCUT2D eigenvalue weighted by atomic mass is 10.1. The summed E-state index contributed by atoms with van der Waals surface area (Å²) >= 11 is 0. The minimum atomic E-state index is -0.379. The molecule has 0 aliphatic heterocycles. The molecule has 18 heavy (non-hydrogen) atoms. The Bertz CT molecular complexity index is 399. The number of carbonyl (C=O) groups is 1. The molecule has 0 aliphatic rings. The smallest absolute Gasteiger partial charge is 0.360 e. The maximum Gasteiger partial charge on any atom is 0.360 e. The van der Waals surface area contributed by atoms with Crippen molar-refractivity contribution in [2.24, 2.45) is 0 Å². The highest BCUT2D eigenvalue weighted by molar-refractivity contribution is 5.88. The summed E-state index contributed by atoms with van der Waals surface area (Å²) in [6.45, 7) is 10.5. The second-order valence-electron chi connectivity index (χ2n) is 4.78. The van der Waals surface area contributed by atoms with Gasteiger partial charge in [-0.15, -0.1) is 5.10 Å². The highest BCUT2D eigenvalue weighted by atomic mass is 16.5. The third-order valence-corrected chi connectivity index (χ3v) is 2.87. The topological polar surface area (TPSA) is 57.0 Å². The van der Waals surface area contributed by atoms with E-state index in [4.69, 9.17) is 4.74 Å². The minimum Gasteiger partial charge on any atom is -0.461 e. The van der Waals surface area contributed by atoms with Crippen LogP contribution in [-0.4, -0.2) is 27.6 Å². The van der Waals surface area contributed by atoms with Crippen LogP contribution in [0.2, 0.25) is 0 Å². The van der Waals surface area contributed by atoms with Crippen LogP contribution in [0.4, 0.5) is 0 Å². The van der Waals surface area contributed by atoms with E-state index < -0.39 is 0 Å². The van der Waals surface area contributed by atoms with Crippen molar-refractivity contribution in [1.82, 2.24) is 15.0 Å². The molecule has 1 heterocycles. The Kier molecular flexibility index (Phi) is 5.31. The molecule has 0 N–H and O–H groups in total. The predicted molar refractivity (Wildman–Crippen MR) is 69.7 cm³/mol. The van der Waals surface area contributed by atoms with Gasteiger partial charge in [-0.25, -0.2) is 9.48 Å². The van der Waals surface area contributed by atoms with Crippen molar-refractivity contribution in [1.29, 1.82) is 0 Å². The molecule has 1 rings (SSSR count). The Labute approximate surface area is 109 Å². The summed E-state index contributed by atoms with van der Waals surface area (Å²) in [4.78, 5) is 11.8. The largest absolute Gasteiger partial charge is 0.461 e. The molecule has 1 aromatic rings. The van der Waals surface area contributed by atoms with Gasteiger partial charge in [-0.2, -0.15) is 0 Å². The molecular weight excluding hydrogens is 230 g/mol. The normalized spacial score (nSPS) is 12.8. The average molecular weight is 253 g/mol. The maximum atomic E-state index is 11.8. The molecule has 0 aromatic carbocycles. The summed E-state index contributed by atoms with van der Waals surface area (Å²) in [5.41, 5.74) is 1.23. The lowest BCUT2D eigenvalue weighted by molar-refractivity contribution is 0.0517. The molecule has 0 radical (unpaired) electrons. The van der Waals surface area contributed by atoms with Crippen molar-refractivity contribution in [3.8, 4) is 0 Å². The summed E-state index contributed by atoms with van der Waals surface area (Å²) in [6.07, 6.45) is 2.10. The number of esters is 1. The molecule has 1 unspecified atom stereocenters. The van der Waals surface area contributed by atoms with E-state index in [0.29, 0.717) is 12.3 Å². The van der Waals surface area contributed by atoms with Gasteiger partial charge in [0.15, 0.2) is 5.69 Å². The fourth-order valence-corrected chi connectivity index (χ4v) is 2.05. The fourth-order valence-electron chi connectivity index (χ4n) is 2.05. The van der Waals surface area contributed by atoms with E-state index in [1.54, 1.807) is 6.92 Å². The maximum absolute atomic E-state index is 11.8. The number of hydrogen-bond donors (Lipinski definition) is 0. The number of rotatable bonds is 6. The number of aromatic nitrogens is 3. The predicted octanol–water partition coefficient (Wildman–Crippen LogP) is 2.94. The van der Waals surface area contributed by atoms with E-state index >= 15 is 0 Å². The van der Waals surface area contributed by atoms with Gasteiger partial charge < -0.3 is 4.74 Å². The van der Waals surface area contributed by atoms with Crippen LogP contribution in [0.15, 0.2) is 0 Å². The number of hydrogen-bond acceptors (Lipinski definition) is 4. The molecule has 0 aliphatic carbocycles. The van der Waals surface area contributed by atoms with Crippen molar-refractivity contribution in [2.75, 3.05) is 6.61 Å². The Morgan fingerprint density at radius 1 is 1.33 bits per heavy atom. The van der Waals surface area contributed by atoms with Gasteiger partial charge in [-0.3, -0.25) is 0 Å². The van der Waals surface area contributed by atoms with Crippen LogP contribution in [0, 0.1) is 0 Å². The summed E-state index contributed by atoms with van der Waals surface area (Å²) in [5, 5.41) is 8.12. The molecule has 0 amide bonds. The molecule has 5 nitrogen and oxygen atoms in total. The molecule has 0 saturated carbocycles. The van der Waals surface area contributed by atoms with E-state index in [0.717, 1.165) is 18.5 Å². The van der Waals surface area contributed by atoms with Crippen LogP contribution in [0.25, 0.3) is 0 Å². The quantitative estimate of drug-likeness (QED) is 0.731. The SMILES string of the molecule is CCCC(C)n1nnc(C(=O)OCC)c1C(C)C. The zero-order valence-electron chi connectivity index (χ0n) is 11.9. The fraction of sp³-hybridized carbons (Fsp3) is 0.769.